The number of nitrogens with zero attached hydrogens (tertiary/aromatic N) is 2. The van der Waals surface area contributed by atoms with Gasteiger partial charge in [0.2, 0.25) is 0 Å². The van der Waals surface area contributed by atoms with E-state index in [9.17, 15) is 9.18 Å². The Morgan fingerprint density at radius 2 is 1.86 bits per heavy atom. The van der Waals surface area contributed by atoms with Crippen molar-refractivity contribution in [3.63, 3.8) is 0 Å². The number of benzene rings is 2. The predicted octanol–water partition coefficient (Wildman–Crippen LogP) is 3.63. The number of anilines is 1. The summed E-state index contributed by atoms with van der Waals surface area (Å²) in [7, 11) is 0. The van der Waals surface area contributed by atoms with Gasteiger partial charge in [0.1, 0.15) is 5.82 Å². The molecule has 3 rings (SSSR count). The van der Waals surface area contributed by atoms with Crippen LogP contribution in [-0.2, 0) is 4.79 Å². The number of carbonyl (C=O) groups is 1. The van der Waals surface area contributed by atoms with Crippen molar-refractivity contribution in [3.05, 3.63) is 71.6 Å². The molecule has 2 aromatic rings. The number of hydrogen-bond acceptors (Lipinski definition) is 2. The lowest BCUT2D eigenvalue weighted by molar-refractivity contribution is -0.114. The summed E-state index contributed by atoms with van der Waals surface area (Å²) in [6.45, 7) is 1.77. The first-order chi connectivity index (χ1) is 10.1. The van der Waals surface area contributed by atoms with Crippen molar-refractivity contribution in [1.82, 2.24) is 0 Å². The normalized spacial score (nSPS) is 16.5. The zero-order chi connectivity index (χ0) is 14.8. The van der Waals surface area contributed by atoms with Crippen LogP contribution in [0, 0.1) is 5.82 Å². The van der Waals surface area contributed by atoms with Crippen LogP contribution in [0.5, 0.6) is 0 Å². The zero-order valence-electron chi connectivity index (χ0n) is 11.5. The molecule has 104 valence electrons. The highest BCUT2D eigenvalue weighted by molar-refractivity contribution is 6.32. The Labute approximate surface area is 122 Å². The van der Waals surface area contributed by atoms with Gasteiger partial charge < -0.3 is 0 Å². The smallest absolute Gasteiger partial charge is 0.267 e. The molecule has 0 spiro atoms. The Hall–Kier alpha value is -2.75. The monoisotopic (exact) mass is 280 g/mol. The van der Waals surface area contributed by atoms with Gasteiger partial charge in [-0.25, -0.2) is 4.39 Å². The first kappa shape index (κ1) is 13.2. The Bertz CT molecular complexity index is 750. The summed E-state index contributed by atoms with van der Waals surface area (Å²) in [5.41, 5.74) is 2.45. The molecule has 0 bridgehead atoms. The van der Waals surface area contributed by atoms with Gasteiger partial charge in [-0.15, -0.1) is 0 Å². The number of hydrazone groups is 1. The lowest BCUT2D eigenvalue weighted by atomic mass is 10.1. The number of halogens is 1. The van der Waals surface area contributed by atoms with Gasteiger partial charge in [0.15, 0.2) is 0 Å². The third-order valence-corrected chi connectivity index (χ3v) is 3.22. The molecule has 1 aliphatic rings. The summed E-state index contributed by atoms with van der Waals surface area (Å²) in [4.78, 5) is 12.5. The molecule has 0 saturated heterocycles. The average molecular weight is 280 g/mol. The van der Waals surface area contributed by atoms with Gasteiger partial charge in [-0.3, -0.25) is 4.79 Å². The van der Waals surface area contributed by atoms with E-state index >= 15 is 0 Å². The summed E-state index contributed by atoms with van der Waals surface area (Å²) in [5.74, 6) is -0.535. The molecule has 0 atom stereocenters. The molecule has 0 aliphatic carbocycles. The minimum absolute atomic E-state index is 0.206. The second-order valence-electron chi connectivity index (χ2n) is 4.75. The van der Waals surface area contributed by atoms with Crippen LogP contribution in [0.25, 0.3) is 6.08 Å². The van der Waals surface area contributed by atoms with E-state index in [1.54, 1.807) is 25.1 Å². The van der Waals surface area contributed by atoms with Crippen LogP contribution in [0.4, 0.5) is 10.1 Å². The molecule has 1 aliphatic heterocycles. The molecule has 0 aromatic heterocycles. The zero-order valence-corrected chi connectivity index (χ0v) is 11.5. The molecular formula is C17H13FN2O. The summed E-state index contributed by atoms with van der Waals surface area (Å²) in [6.07, 6.45) is 1.66. The lowest BCUT2D eigenvalue weighted by Gasteiger charge is -2.10. The molecule has 0 saturated carbocycles. The van der Waals surface area contributed by atoms with Crippen molar-refractivity contribution >= 4 is 23.4 Å². The van der Waals surface area contributed by atoms with Crippen molar-refractivity contribution < 1.29 is 9.18 Å². The maximum absolute atomic E-state index is 13.2. The topological polar surface area (TPSA) is 32.7 Å². The van der Waals surface area contributed by atoms with Gasteiger partial charge in [-0.05, 0) is 42.8 Å². The molecule has 2 aromatic carbocycles. The first-order valence-corrected chi connectivity index (χ1v) is 6.57. The number of rotatable bonds is 2. The number of carbonyl (C=O) groups excluding carboxylic acids is 1. The van der Waals surface area contributed by atoms with Crippen LogP contribution in [0.3, 0.4) is 0 Å². The number of hydrogen-bond donors (Lipinski definition) is 0. The molecule has 0 N–H and O–H groups in total. The van der Waals surface area contributed by atoms with E-state index in [-0.39, 0.29) is 11.7 Å². The quantitative estimate of drug-likeness (QED) is 0.773. The van der Waals surface area contributed by atoms with E-state index < -0.39 is 0 Å². The molecule has 3 nitrogen and oxygen atoms in total. The minimum atomic E-state index is -0.329. The maximum Gasteiger partial charge on any atom is 0.280 e. The summed E-state index contributed by atoms with van der Waals surface area (Å²) < 4.78 is 13.2. The molecule has 1 heterocycles. The Balaban J connectivity index is 1.96. The molecular weight excluding hydrogens is 267 g/mol. The Morgan fingerprint density at radius 1 is 1.10 bits per heavy atom. The SMILES string of the molecule is CC1=NN(c2ccccc2)C(=O)/C1=C\c1cccc(F)c1. The fourth-order valence-corrected chi connectivity index (χ4v) is 2.19. The largest absolute Gasteiger partial charge is 0.280 e. The summed E-state index contributed by atoms with van der Waals surface area (Å²) in [6, 6.07) is 15.3. The van der Waals surface area contributed by atoms with Gasteiger partial charge in [-0.2, -0.15) is 10.1 Å². The highest BCUT2D eigenvalue weighted by atomic mass is 19.1. The molecule has 0 radical (unpaired) electrons. The first-order valence-electron chi connectivity index (χ1n) is 6.57. The predicted molar refractivity (Wildman–Crippen MR) is 81.4 cm³/mol. The fourth-order valence-electron chi connectivity index (χ4n) is 2.19. The van der Waals surface area contributed by atoms with Crippen LogP contribution in [0.1, 0.15) is 12.5 Å². The van der Waals surface area contributed by atoms with Crippen LogP contribution in [0.2, 0.25) is 0 Å². The standard InChI is InChI=1S/C17H13FN2O/c1-12-16(11-13-6-5-7-14(18)10-13)17(21)20(19-12)15-8-3-2-4-9-15/h2-11H,1H3/b16-11-. The Kier molecular flexibility index (Phi) is 3.36. The van der Waals surface area contributed by atoms with Crippen molar-refractivity contribution in [1.29, 1.82) is 0 Å². The van der Waals surface area contributed by atoms with Gasteiger partial charge in [0.05, 0.1) is 17.0 Å². The van der Waals surface area contributed by atoms with E-state index in [4.69, 9.17) is 0 Å². The second-order valence-corrected chi connectivity index (χ2v) is 4.75. The van der Waals surface area contributed by atoms with E-state index in [1.807, 2.05) is 30.3 Å². The van der Waals surface area contributed by atoms with E-state index in [2.05, 4.69) is 5.10 Å². The molecule has 0 unspecified atom stereocenters. The van der Waals surface area contributed by atoms with Crippen LogP contribution >= 0.6 is 0 Å². The number of para-hydroxylation sites is 1. The highest BCUT2D eigenvalue weighted by Crippen LogP contribution is 2.24. The van der Waals surface area contributed by atoms with Crippen LogP contribution in [0.15, 0.2) is 65.3 Å². The number of amides is 1. The van der Waals surface area contributed by atoms with Crippen molar-refractivity contribution in [2.75, 3.05) is 5.01 Å². The second kappa shape index (κ2) is 5.32. The van der Waals surface area contributed by atoms with Crippen molar-refractivity contribution in [3.8, 4) is 0 Å². The highest BCUT2D eigenvalue weighted by Gasteiger charge is 2.28. The molecule has 21 heavy (non-hydrogen) atoms. The van der Waals surface area contributed by atoms with Crippen LogP contribution in [-0.4, -0.2) is 11.6 Å². The van der Waals surface area contributed by atoms with Crippen molar-refractivity contribution in [2.24, 2.45) is 5.10 Å². The van der Waals surface area contributed by atoms with E-state index in [0.717, 1.165) is 0 Å². The fraction of sp³-hybridized carbons (Fsp3) is 0.0588. The van der Waals surface area contributed by atoms with Gasteiger partial charge >= 0.3 is 0 Å². The van der Waals surface area contributed by atoms with E-state index in [0.29, 0.717) is 22.5 Å². The van der Waals surface area contributed by atoms with Crippen molar-refractivity contribution in [2.45, 2.75) is 6.92 Å². The Morgan fingerprint density at radius 3 is 2.57 bits per heavy atom. The average Bonchev–Trinajstić information content (AvgIpc) is 2.76. The third-order valence-electron chi connectivity index (χ3n) is 3.22. The van der Waals surface area contributed by atoms with Gasteiger partial charge in [0, 0.05) is 0 Å². The molecule has 4 heteroatoms. The van der Waals surface area contributed by atoms with Gasteiger partial charge in [0.25, 0.3) is 5.91 Å². The molecule has 0 fully saturated rings. The molecule has 1 amide bonds. The summed E-state index contributed by atoms with van der Waals surface area (Å²) in [5, 5.41) is 5.64. The lowest BCUT2D eigenvalue weighted by Crippen LogP contribution is -2.21. The minimum Gasteiger partial charge on any atom is -0.267 e. The maximum atomic E-state index is 13.2. The van der Waals surface area contributed by atoms with Crippen LogP contribution < -0.4 is 5.01 Å². The van der Waals surface area contributed by atoms with E-state index in [1.165, 1.54) is 17.1 Å². The summed E-state index contributed by atoms with van der Waals surface area (Å²) >= 11 is 0. The third kappa shape index (κ3) is 2.60. The van der Waals surface area contributed by atoms with Gasteiger partial charge in [-0.1, -0.05) is 30.3 Å².